The molecule has 0 saturated heterocycles. The molecule has 0 aliphatic heterocycles. The molecule has 102 valence electrons. The SMILES string of the molecule is N#Cc1ccc(Oc2c(I)cc(C#N)cc2[N+](=O)[O-])cc1. The molecule has 0 atom stereocenters. The van der Waals surface area contributed by atoms with Crippen molar-refractivity contribution in [2.75, 3.05) is 0 Å². The van der Waals surface area contributed by atoms with Crippen molar-refractivity contribution in [1.29, 1.82) is 10.5 Å². The van der Waals surface area contributed by atoms with Gasteiger partial charge in [-0.25, -0.2) is 0 Å². The molecule has 0 fully saturated rings. The number of nitriles is 2. The molecule has 6 nitrogen and oxygen atoms in total. The summed E-state index contributed by atoms with van der Waals surface area (Å²) in [5, 5.41) is 28.7. The van der Waals surface area contributed by atoms with Gasteiger partial charge < -0.3 is 4.74 Å². The topological polar surface area (TPSA) is 99.9 Å². The summed E-state index contributed by atoms with van der Waals surface area (Å²) in [6.07, 6.45) is 0. The second-order valence-corrected chi connectivity index (χ2v) is 5.08. The van der Waals surface area contributed by atoms with Crippen LogP contribution in [0.25, 0.3) is 0 Å². The molecule has 0 aromatic heterocycles. The molecule has 0 bridgehead atoms. The lowest BCUT2D eigenvalue weighted by Crippen LogP contribution is -1.97. The van der Waals surface area contributed by atoms with E-state index in [9.17, 15) is 10.1 Å². The number of ether oxygens (including phenoxy) is 1. The van der Waals surface area contributed by atoms with Crippen molar-refractivity contribution < 1.29 is 9.66 Å². The fraction of sp³-hybridized carbons (Fsp3) is 0. The highest BCUT2D eigenvalue weighted by Crippen LogP contribution is 2.36. The highest BCUT2D eigenvalue weighted by Gasteiger charge is 2.21. The first-order chi connectivity index (χ1) is 10.0. The lowest BCUT2D eigenvalue weighted by molar-refractivity contribution is -0.385. The van der Waals surface area contributed by atoms with Crippen LogP contribution < -0.4 is 4.74 Å². The predicted molar refractivity (Wildman–Crippen MR) is 81.8 cm³/mol. The van der Waals surface area contributed by atoms with Gasteiger partial charge in [-0.15, -0.1) is 0 Å². The maximum Gasteiger partial charge on any atom is 0.314 e. The van der Waals surface area contributed by atoms with Crippen LogP contribution in [0.5, 0.6) is 11.5 Å². The average Bonchev–Trinajstić information content (AvgIpc) is 2.49. The summed E-state index contributed by atoms with van der Waals surface area (Å²) in [6, 6.07) is 12.7. The van der Waals surface area contributed by atoms with Crippen LogP contribution in [0.2, 0.25) is 0 Å². The molecule has 0 N–H and O–H groups in total. The monoisotopic (exact) mass is 391 g/mol. The number of rotatable bonds is 3. The van der Waals surface area contributed by atoms with E-state index in [1.807, 2.05) is 34.7 Å². The van der Waals surface area contributed by atoms with Crippen molar-refractivity contribution in [3.63, 3.8) is 0 Å². The molecule has 0 unspecified atom stereocenters. The molecule has 2 aromatic rings. The fourth-order valence-corrected chi connectivity index (χ4v) is 2.32. The minimum Gasteiger partial charge on any atom is -0.449 e. The molecule has 0 radical (unpaired) electrons. The highest BCUT2D eigenvalue weighted by molar-refractivity contribution is 14.1. The maximum absolute atomic E-state index is 11.1. The van der Waals surface area contributed by atoms with Gasteiger partial charge in [-0.3, -0.25) is 10.1 Å². The van der Waals surface area contributed by atoms with Crippen LogP contribution in [0.15, 0.2) is 36.4 Å². The average molecular weight is 391 g/mol. The Morgan fingerprint density at radius 3 is 2.24 bits per heavy atom. The van der Waals surface area contributed by atoms with Gasteiger partial charge in [-0.2, -0.15) is 10.5 Å². The molecule has 0 heterocycles. The van der Waals surface area contributed by atoms with Gasteiger partial charge in [0, 0.05) is 6.07 Å². The Morgan fingerprint density at radius 1 is 1.10 bits per heavy atom. The van der Waals surface area contributed by atoms with Gasteiger partial charge in [0.1, 0.15) is 5.75 Å². The van der Waals surface area contributed by atoms with Crippen molar-refractivity contribution in [2.24, 2.45) is 0 Å². The van der Waals surface area contributed by atoms with E-state index in [-0.39, 0.29) is 17.0 Å². The Kier molecular flexibility index (Phi) is 4.36. The number of hydrogen-bond acceptors (Lipinski definition) is 5. The number of nitrogens with zero attached hydrogens (tertiary/aromatic N) is 3. The Bertz CT molecular complexity index is 789. The van der Waals surface area contributed by atoms with Crippen LogP contribution in [0.4, 0.5) is 5.69 Å². The van der Waals surface area contributed by atoms with Gasteiger partial charge in [0.05, 0.1) is 31.8 Å². The lowest BCUT2D eigenvalue weighted by Gasteiger charge is -2.08. The third kappa shape index (κ3) is 3.27. The van der Waals surface area contributed by atoms with Crippen LogP contribution in [-0.4, -0.2) is 4.92 Å². The van der Waals surface area contributed by atoms with Crippen molar-refractivity contribution in [3.05, 3.63) is 61.2 Å². The van der Waals surface area contributed by atoms with Gasteiger partial charge >= 0.3 is 5.69 Å². The Balaban J connectivity index is 2.45. The van der Waals surface area contributed by atoms with Crippen molar-refractivity contribution in [1.82, 2.24) is 0 Å². The second kappa shape index (κ2) is 6.20. The van der Waals surface area contributed by atoms with E-state index in [2.05, 4.69) is 0 Å². The molecule has 7 heteroatoms. The molecule has 21 heavy (non-hydrogen) atoms. The summed E-state index contributed by atoms with van der Waals surface area (Å²) < 4.78 is 5.99. The van der Waals surface area contributed by atoms with E-state index in [1.54, 1.807) is 24.3 Å². The van der Waals surface area contributed by atoms with Crippen LogP contribution in [0, 0.1) is 36.3 Å². The number of benzene rings is 2. The van der Waals surface area contributed by atoms with Crippen LogP contribution in [0.1, 0.15) is 11.1 Å². The van der Waals surface area contributed by atoms with Gasteiger partial charge in [0.15, 0.2) is 0 Å². The number of halogens is 1. The molecule has 0 aliphatic rings. The third-order valence-corrected chi connectivity index (χ3v) is 3.35. The lowest BCUT2D eigenvalue weighted by atomic mass is 10.2. The maximum atomic E-state index is 11.1. The van der Waals surface area contributed by atoms with Crippen molar-refractivity contribution >= 4 is 28.3 Å². The number of nitro groups is 1. The van der Waals surface area contributed by atoms with Crippen LogP contribution >= 0.6 is 22.6 Å². The van der Waals surface area contributed by atoms with E-state index in [4.69, 9.17) is 15.3 Å². The second-order valence-electron chi connectivity index (χ2n) is 3.91. The van der Waals surface area contributed by atoms with Crippen molar-refractivity contribution in [3.8, 4) is 23.6 Å². The van der Waals surface area contributed by atoms with E-state index in [0.717, 1.165) is 0 Å². The quantitative estimate of drug-likeness (QED) is 0.451. The number of nitro benzene ring substituents is 1. The molecule has 2 aromatic carbocycles. The highest BCUT2D eigenvalue weighted by atomic mass is 127. The summed E-state index contributed by atoms with van der Waals surface area (Å²) >= 11 is 1.88. The standard InChI is InChI=1S/C14H6IN3O3/c15-12-5-10(8-17)6-13(18(19)20)14(12)21-11-3-1-9(7-16)2-4-11/h1-6H. The van der Waals surface area contributed by atoms with Gasteiger partial charge in [-0.1, -0.05) is 0 Å². The Hall–Kier alpha value is -2.65. The van der Waals surface area contributed by atoms with E-state index >= 15 is 0 Å². The van der Waals surface area contributed by atoms with Crippen LogP contribution in [-0.2, 0) is 0 Å². The summed E-state index contributed by atoms with van der Waals surface area (Å²) in [7, 11) is 0. The van der Waals surface area contributed by atoms with Gasteiger partial charge in [-0.05, 0) is 52.9 Å². The summed E-state index contributed by atoms with van der Waals surface area (Å²) in [5.41, 5.74) is 0.382. The molecular formula is C14H6IN3O3. The van der Waals surface area contributed by atoms with E-state index in [1.165, 1.54) is 12.1 Å². The number of hydrogen-bond donors (Lipinski definition) is 0. The summed E-state index contributed by atoms with van der Waals surface area (Å²) in [6.45, 7) is 0. The zero-order valence-electron chi connectivity index (χ0n) is 10.4. The van der Waals surface area contributed by atoms with Gasteiger partial charge in [0.25, 0.3) is 0 Å². The summed E-state index contributed by atoms with van der Waals surface area (Å²) in [4.78, 5) is 10.5. The predicted octanol–water partition coefficient (Wildman–Crippen LogP) is 3.74. The first-order valence-corrected chi connectivity index (χ1v) is 6.69. The Labute approximate surface area is 133 Å². The molecule has 2 rings (SSSR count). The van der Waals surface area contributed by atoms with Gasteiger partial charge in [0.2, 0.25) is 5.75 Å². The normalized spacial score (nSPS) is 9.48. The van der Waals surface area contributed by atoms with E-state index in [0.29, 0.717) is 14.9 Å². The Morgan fingerprint density at radius 2 is 1.71 bits per heavy atom. The first-order valence-electron chi connectivity index (χ1n) is 5.61. The minimum atomic E-state index is -0.595. The molecule has 0 spiro atoms. The summed E-state index contributed by atoms with van der Waals surface area (Å²) in [5.74, 6) is 0.448. The minimum absolute atomic E-state index is 0.0734. The largest absolute Gasteiger partial charge is 0.449 e. The first kappa shape index (κ1) is 14.8. The third-order valence-electron chi connectivity index (χ3n) is 2.55. The zero-order valence-corrected chi connectivity index (χ0v) is 12.6. The molecule has 0 aliphatic carbocycles. The van der Waals surface area contributed by atoms with E-state index < -0.39 is 4.92 Å². The molecule has 0 amide bonds. The molecule has 0 saturated carbocycles. The zero-order chi connectivity index (χ0) is 15.4. The van der Waals surface area contributed by atoms with Crippen LogP contribution in [0.3, 0.4) is 0 Å². The van der Waals surface area contributed by atoms with Crippen molar-refractivity contribution in [2.45, 2.75) is 0 Å². The molecular weight excluding hydrogens is 385 g/mol. The smallest absolute Gasteiger partial charge is 0.314 e. The fourth-order valence-electron chi connectivity index (χ4n) is 1.60.